The molecule has 0 unspecified atom stereocenters. The maximum absolute atomic E-state index is 3.22. The van der Waals surface area contributed by atoms with Gasteiger partial charge in [-0.15, -0.1) is 5.73 Å². The summed E-state index contributed by atoms with van der Waals surface area (Å²) in [6.45, 7) is 2.11. The molecule has 0 nitrogen and oxygen atoms in total. The molecule has 1 aromatic rings. The van der Waals surface area contributed by atoms with Crippen molar-refractivity contribution in [1.29, 1.82) is 0 Å². The maximum Gasteiger partial charge on any atom is 0.0266 e. The van der Waals surface area contributed by atoms with Gasteiger partial charge >= 0.3 is 0 Å². The molecule has 0 saturated heterocycles. The second kappa shape index (κ2) is 2.84. The minimum absolute atomic E-state index is 1.22. The standard InChI is InChI=1S/C12H10/c1-10-6-5-9-12(10)11-7-3-2-4-8-11/h2-8H,1H3. The van der Waals surface area contributed by atoms with Crippen LogP contribution >= 0.6 is 0 Å². The van der Waals surface area contributed by atoms with E-state index in [9.17, 15) is 0 Å². The highest BCUT2D eigenvalue weighted by Crippen LogP contribution is 2.24. The molecule has 0 heteroatoms. The van der Waals surface area contributed by atoms with Crippen molar-refractivity contribution in [2.45, 2.75) is 6.92 Å². The lowest BCUT2D eigenvalue weighted by molar-refractivity contribution is 1.52. The molecule has 1 aliphatic carbocycles. The van der Waals surface area contributed by atoms with Gasteiger partial charge in [-0.2, -0.15) is 0 Å². The minimum atomic E-state index is 1.22. The van der Waals surface area contributed by atoms with E-state index < -0.39 is 0 Å². The number of hydrogen-bond acceptors (Lipinski definition) is 0. The molecule has 0 aromatic heterocycles. The van der Waals surface area contributed by atoms with Crippen LogP contribution in [0.4, 0.5) is 0 Å². The summed E-state index contributed by atoms with van der Waals surface area (Å²) in [7, 11) is 0. The third kappa shape index (κ3) is 1.13. The molecule has 0 bridgehead atoms. The molecule has 0 atom stereocenters. The smallest absolute Gasteiger partial charge is 0.0266 e. The fourth-order valence-corrected chi connectivity index (χ4v) is 1.36. The zero-order valence-corrected chi connectivity index (χ0v) is 7.04. The van der Waals surface area contributed by atoms with Crippen molar-refractivity contribution in [2.75, 3.05) is 0 Å². The molecule has 0 aliphatic heterocycles. The second-order valence-electron chi connectivity index (χ2n) is 2.90. The Morgan fingerprint density at radius 2 is 1.83 bits per heavy atom. The van der Waals surface area contributed by atoms with E-state index in [0.29, 0.717) is 0 Å². The molecular weight excluding hydrogens is 144 g/mol. The Kier molecular flexibility index (Phi) is 1.69. The Balaban J connectivity index is 2.46. The lowest BCUT2D eigenvalue weighted by atomic mass is 10.0. The third-order valence-corrected chi connectivity index (χ3v) is 2.02. The van der Waals surface area contributed by atoms with Crippen molar-refractivity contribution in [2.24, 2.45) is 0 Å². The van der Waals surface area contributed by atoms with E-state index in [-0.39, 0.29) is 0 Å². The van der Waals surface area contributed by atoms with Gasteiger partial charge in [0.25, 0.3) is 0 Å². The van der Waals surface area contributed by atoms with Gasteiger partial charge in [-0.3, -0.25) is 0 Å². The van der Waals surface area contributed by atoms with E-state index >= 15 is 0 Å². The van der Waals surface area contributed by atoms with Crippen molar-refractivity contribution in [3.05, 3.63) is 59.4 Å². The lowest BCUT2D eigenvalue weighted by Gasteiger charge is -2.01. The van der Waals surface area contributed by atoms with Gasteiger partial charge in [0.1, 0.15) is 0 Å². The number of hydrogen-bond donors (Lipinski definition) is 0. The van der Waals surface area contributed by atoms with Crippen molar-refractivity contribution in [3.8, 4) is 0 Å². The van der Waals surface area contributed by atoms with Gasteiger partial charge in [-0.25, -0.2) is 0 Å². The highest BCUT2D eigenvalue weighted by molar-refractivity contribution is 5.80. The van der Waals surface area contributed by atoms with E-state index in [4.69, 9.17) is 0 Å². The topological polar surface area (TPSA) is 0 Å². The van der Waals surface area contributed by atoms with Gasteiger partial charge in [0.2, 0.25) is 0 Å². The molecule has 0 fully saturated rings. The zero-order valence-electron chi connectivity index (χ0n) is 7.04. The van der Waals surface area contributed by atoms with Gasteiger partial charge in [-0.05, 0) is 24.1 Å². The maximum atomic E-state index is 3.22. The van der Waals surface area contributed by atoms with Gasteiger partial charge in [0, 0.05) is 5.57 Å². The monoisotopic (exact) mass is 154 g/mol. The largest absolute Gasteiger partial charge is 0.112 e. The average Bonchev–Trinajstić information content (AvgIpc) is 2.53. The number of rotatable bonds is 1. The van der Waals surface area contributed by atoms with Crippen LogP contribution < -0.4 is 0 Å². The Morgan fingerprint density at radius 1 is 1.08 bits per heavy atom. The normalized spacial score (nSPS) is 14.4. The fourth-order valence-electron chi connectivity index (χ4n) is 1.36. The molecule has 0 amide bonds. The molecule has 0 N–H and O–H groups in total. The van der Waals surface area contributed by atoms with E-state index in [0.717, 1.165) is 0 Å². The zero-order chi connectivity index (χ0) is 8.39. The average molecular weight is 154 g/mol. The molecule has 2 rings (SSSR count). The Bertz CT molecular complexity index is 374. The first-order valence-electron chi connectivity index (χ1n) is 4.07. The van der Waals surface area contributed by atoms with Gasteiger partial charge in [0.15, 0.2) is 0 Å². The van der Waals surface area contributed by atoms with Crippen molar-refractivity contribution in [3.63, 3.8) is 0 Å². The molecule has 1 aliphatic rings. The van der Waals surface area contributed by atoms with E-state index in [1.165, 1.54) is 16.7 Å². The highest BCUT2D eigenvalue weighted by Gasteiger charge is 2.03. The summed E-state index contributed by atoms with van der Waals surface area (Å²) in [5, 5.41) is 0. The molecule has 58 valence electrons. The molecule has 12 heavy (non-hydrogen) atoms. The Hall–Kier alpha value is -1.52. The molecule has 1 aromatic carbocycles. The summed E-state index contributed by atoms with van der Waals surface area (Å²) in [6, 6.07) is 10.4. The summed E-state index contributed by atoms with van der Waals surface area (Å²) in [5.74, 6) is 0. The summed E-state index contributed by atoms with van der Waals surface area (Å²) in [4.78, 5) is 0. The molecule has 0 spiro atoms. The van der Waals surface area contributed by atoms with Crippen LogP contribution in [0.1, 0.15) is 12.5 Å². The number of allylic oxidation sites excluding steroid dienone is 3. The van der Waals surface area contributed by atoms with Crippen LogP contribution in [-0.4, -0.2) is 0 Å². The van der Waals surface area contributed by atoms with Crippen LogP contribution in [0, 0.1) is 0 Å². The second-order valence-corrected chi connectivity index (χ2v) is 2.90. The van der Waals surface area contributed by atoms with Gasteiger partial charge in [-0.1, -0.05) is 36.4 Å². The van der Waals surface area contributed by atoms with Crippen LogP contribution in [0.25, 0.3) is 5.57 Å². The molecular formula is C12H10. The van der Waals surface area contributed by atoms with E-state index in [2.05, 4.69) is 43.0 Å². The summed E-state index contributed by atoms with van der Waals surface area (Å²) in [6.07, 6.45) is 4.06. The molecule has 0 radical (unpaired) electrons. The minimum Gasteiger partial charge on any atom is -0.112 e. The van der Waals surface area contributed by atoms with Crippen LogP contribution in [0.15, 0.2) is 53.8 Å². The predicted octanol–water partition coefficient (Wildman–Crippen LogP) is 3.19. The Labute approximate surface area is 72.5 Å². The number of benzene rings is 1. The van der Waals surface area contributed by atoms with Crippen LogP contribution in [0.3, 0.4) is 0 Å². The van der Waals surface area contributed by atoms with E-state index in [1.54, 1.807) is 0 Å². The van der Waals surface area contributed by atoms with Gasteiger partial charge < -0.3 is 0 Å². The van der Waals surface area contributed by atoms with Gasteiger partial charge in [0.05, 0.1) is 0 Å². The summed E-state index contributed by atoms with van der Waals surface area (Å²) in [5.41, 5.74) is 6.98. The first-order chi connectivity index (χ1) is 5.88. The highest BCUT2D eigenvalue weighted by atomic mass is 14.1. The summed E-state index contributed by atoms with van der Waals surface area (Å²) >= 11 is 0. The summed E-state index contributed by atoms with van der Waals surface area (Å²) < 4.78 is 0. The van der Waals surface area contributed by atoms with Crippen molar-refractivity contribution in [1.82, 2.24) is 0 Å². The third-order valence-electron chi connectivity index (χ3n) is 2.02. The Morgan fingerprint density at radius 3 is 2.42 bits per heavy atom. The van der Waals surface area contributed by atoms with Crippen LogP contribution in [0.2, 0.25) is 0 Å². The van der Waals surface area contributed by atoms with E-state index in [1.807, 2.05) is 12.1 Å². The van der Waals surface area contributed by atoms with Crippen molar-refractivity contribution < 1.29 is 0 Å². The quantitative estimate of drug-likeness (QED) is 0.545. The SMILES string of the molecule is CC1=CC=C=C1c1ccccc1. The molecule has 0 heterocycles. The van der Waals surface area contributed by atoms with Crippen molar-refractivity contribution >= 4 is 5.57 Å². The molecule has 0 saturated carbocycles. The predicted molar refractivity (Wildman–Crippen MR) is 51.7 cm³/mol. The fraction of sp³-hybridized carbons (Fsp3) is 0.0833. The van der Waals surface area contributed by atoms with Crippen LogP contribution in [0.5, 0.6) is 0 Å². The lowest BCUT2D eigenvalue weighted by Crippen LogP contribution is -1.81. The first-order valence-corrected chi connectivity index (χ1v) is 4.07. The van der Waals surface area contributed by atoms with Crippen LogP contribution in [-0.2, 0) is 0 Å². The first kappa shape index (κ1) is 7.15.